The van der Waals surface area contributed by atoms with Crippen molar-refractivity contribution in [1.29, 1.82) is 0 Å². The molecular formula is C21H20N4. The smallest absolute Gasteiger partial charge is 0.129 e. The number of aromatic nitrogens is 2. The molecule has 0 spiro atoms. The molecule has 0 aliphatic carbocycles. The molecule has 0 saturated carbocycles. The van der Waals surface area contributed by atoms with E-state index in [1.807, 2.05) is 6.20 Å². The number of pyridine rings is 1. The summed E-state index contributed by atoms with van der Waals surface area (Å²) >= 11 is 0. The Morgan fingerprint density at radius 3 is 1.96 bits per heavy atom. The number of hydrogen-bond donors (Lipinski definition) is 0. The SMILES string of the molecule is c1ccc2cc(N3CCN(n4cc5ccccc5c4)CC3)ncc2c1. The van der Waals surface area contributed by atoms with Crippen molar-refractivity contribution in [1.82, 2.24) is 9.66 Å². The van der Waals surface area contributed by atoms with Crippen molar-refractivity contribution >= 4 is 27.4 Å². The van der Waals surface area contributed by atoms with Gasteiger partial charge in [0.1, 0.15) is 5.82 Å². The minimum atomic E-state index is 0.986. The summed E-state index contributed by atoms with van der Waals surface area (Å²) < 4.78 is 2.25. The first-order valence-electron chi connectivity index (χ1n) is 8.78. The van der Waals surface area contributed by atoms with Crippen LogP contribution in [0.5, 0.6) is 0 Å². The minimum absolute atomic E-state index is 0.986. The molecule has 124 valence electrons. The molecule has 0 atom stereocenters. The Balaban J connectivity index is 1.34. The molecule has 1 fully saturated rings. The monoisotopic (exact) mass is 328 g/mol. The van der Waals surface area contributed by atoms with E-state index < -0.39 is 0 Å². The first-order valence-corrected chi connectivity index (χ1v) is 8.78. The number of piperazine rings is 1. The molecule has 3 heterocycles. The van der Waals surface area contributed by atoms with Crippen LogP contribution in [0.2, 0.25) is 0 Å². The molecule has 2 aromatic heterocycles. The zero-order chi connectivity index (χ0) is 16.6. The van der Waals surface area contributed by atoms with E-state index in [0.717, 1.165) is 32.0 Å². The number of anilines is 1. The van der Waals surface area contributed by atoms with E-state index in [9.17, 15) is 0 Å². The summed E-state index contributed by atoms with van der Waals surface area (Å²) in [4.78, 5) is 7.04. The first kappa shape index (κ1) is 14.3. The van der Waals surface area contributed by atoms with Gasteiger partial charge < -0.3 is 9.91 Å². The predicted molar refractivity (Wildman–Crippen MR) is 104 cm³/mol. The number of benzene rings is 2. The third-order valence-corrected chi connectivity index (χ3v) is 5.06. The molecule has 25 heavy (non-hydrogen) atoms. The van der Waals surface area contributed by atoms with Crippen LogP contribution < -0.4 is 9.91 Å². The Labute approximate surface area is 146 Å². The van der Waals surface area contributed by atoms with Crippen LogP contribution in [0.15, 0.2) is 73.2 Å². The fraction of sp³-hybridized carbons (Fsp3) is 0.190. The summed E-state index contributed by atoms with van der Waals surface area (Å²) in [5.74, 6) is 1.08. The summed E-state index contributed by atoms with van der Waals surface area (Å²) in [6.07, 6.45) is 6.42. The normalized spacial score (nSPS) is 15.2. The van der Waals surface area contributed by atoms with E-state index in [1.54, 1.807) is 0 Å². The molecule has 0 unspecified atom stereocenters. The highest BCUT2D eigenvalue weighted by atomic mass is 15.6. The van der Waals surface area contributed by atoms with Crippen molar-refractivity contribution in [2.75, 3.05) is 36.1 Å². The molecule has 1 saturated heterocycles. The van der Waals surface area contributed by atoms with Gasteiger partial charge in [0, 0.05) is 47.8 Å². The molecule has 5 rings (SSSR count). The molecular weight excluding hydrogens is 308 g/mol. The maximum absolute atomic E-state index is 4.66. The Bertz CT molecular complexity index is 995. The standard InChI is InChI=1S/C21H20N4/c1-2-6-18-14-22-21(13-17(18)5-1)23-9-11-24(12-10-23)25-15-19-7-3-4-8-20(19)16-25/h1-8,13-16H,9-12H2. The van der Waals surface area contributed by atoms with Crippen LogP contribution in [0.1, 0.15) is 0 Å². The van der Waals surface area contributed by atoms with Gasteiger partial charge >= 0.3 is 0 Å². The van der Waals surface area contributed by atoms with Crippen molar-refractivity contribution in [3.63, 3.8) is 0 Å². The molecule has 4 aromatic rings. The lowest BCUT2D eigenvalue weighted by Crippen LogP contribution is -2.51. The fourth-order valence-electron chi connectivity index (χ4n) is 3.63. The van der Waals surface area contributed by atoms with Gasteiger partial charge in [-0.3, -0.25) is 4.68 Å². The lowest BCUT2D eigenvalue weighted by molar-refractivity contribution is 0.528. The Morgan fingerprint density at radius 1 is 0.680 bits per heavy atom. The van der Waals surface area contributed by atoms with E-state index >= 15 is 0 Å². The number of hydrogen-bond acceptors (Lipinski definition) is 3. The van der Waals surface area contributed by atoms with Crippen molar-refractivity contribution < 1.29 is 0 Å². The van der Waals surface area contributed by atoms with E-state index in [-0.39, 0.29) is 0 Å². The maximum atomic E-state index is 4.66. The van der Waals surface area contributed by atoms with Gasteiger partial charge in [-0.2, -0.15) is 0 Å². The van der Waals surface area contributed by atoms with Crippen LogP contribution in [0, 0.1) is 0 Å². The van der Waals surface area contributed by atoms with E-state index in [0.29, 0.717) is 0 Å². The minimum Gasteiger partial charge on any atom is -0.353 e. The molecule has 2 aromatic carbocycles. The lowest BCUT2D eigenvalue weighted by atomic mass is 10.2. The van der Waals surface area contributed by atoms with Gasteiger partial charge in [0.05, 0.1) is 13.1 Å². The van der Waals surface area contributed by atoms with Crippen LogP contribution in [-0.2, 0) is 0 Å². The Kier molecular flexibility index (Phi) is 3.33. The topological polar surface area (TPSA) is 24.3 Å². The average molecular weight is 328 g/mol. The number of rotatable bonds is 2. The highest BCUT2D eigenvalue weighted by molar-refractivity contribution is 5.84. The average Bonchev–Trinajstić information content (AvgIpc) is 3.12. The zero-order valence-electron chi connectivity index (χ0n) is 14.0. The largest absolute Gasteiger partial charge is 0.353 e. The van der Waals surface area contributed by atoms with Crippen LogP contribution >= 0.6 is 0 Å². The highest BCUT2D eigenvalue weighted by Gasteiger charge is 2.18. The summed E-state index contributed by atoms with van der Waals surface area (Å²) in [6.45, 7) is 3.96. The van der Waals surface area contributed by atoms with Gasteiger partial charge in [-0.05, 0) is 11.5 Å². The summed E-state index contributed by atoms with van der Waals surface area (Å²) in [6, 6.07) is 19.1. The summed E-state index contributed by atoms with van der Waals surface area (Å²) in [7, 11) is 0. The summed E-state index contributed by atoms with van der Waals surface area (Å²) in [5, 5.41) is 7.44. The second-order valence-corrected chi connectivity index (χ2v) is 6.60. The molecule has 0 amide bonds. The van der Waals surface area contributed by atoms with E-state index in [2.05, 4.69) is 86.6 Å². The summed E-state index contributed by atoms with van der Waals surface area (Å²) in [5.41, 5.74) is 0. The quantitative estimate of drug-likeness (QED) is 0.561. The van der Waals surface area contributed by atoms with Crippen LogP contribution in [-0.4, -0.2) is 35.8 Å². The van der Waals surface area contributed by atoms with Crippen LogP contribution in [0.25, 0.3) is 21.5 Å². The van der Waals surface area contributed by atoms with Gasteiger partial charge in [-0.25, -0.2) is 4.98 Å². The van der Waals surface area contributed by atoms with Gasteiger partial charge in [-0.15, -0.1) is 0 Å². The highest BCUT2D eigenvalue weighted by Crippen LogP contribution is 2.21. The maximum Gasteiger partial charge on any atom is 0.129 e. The number of fused-ring (bicyclic) bond motifs is 2. The Morgan fingerprint density at radius 2 is 1.28 bits per heavy atom. The second-order valence-electron chi connectivity index (χ2n) is 6.60. The van der Waals surface area contributed by atoms with Crippen molar-refractivity contribution in [3.8, 4) is 0 Å². The van der Waals surface area contributed by atoms with Crippen molar-refractivity contribution in [2.45, 2.75) is 0 Å². The fourth-order valence-corrected chi connectivity index (χ4v) is 3.63. The van der Waals surface area contributed by atoms with Gasteiger partial charge in [0.15, 0.2) is 0 Å². The molecule has 4 heteroatoms. The first-order chi connectivity index (χ1) is 12.4. The predicted octanol–water partition coefficient (Wildman–Crippen LogP) is 3.65. The molecule has 0 radical (unpaired) electrons. The van der Waals surface area contributed by atoms with Gasteiger partial charge in [0.2, 0.25) is 0 Å². The second kappa shape index (κ2) is 5.81. The van der Waals surface area contributed by atoms with Gasteiger partial charge in [-0.1, -0.05) is 48.5 Å². The van der Waals surface area contributed by atoms with Crippen molar-refractivity contribution in [2.24, 2.45) is 0 Å². The van der Waals surface area contributed by atoms with Crippen LogP contribution in [0.3, 0.4) is 0 Å². The van der Waals surface area contributed by atoms with Gasteiger partial charge in [0.25, 0.3) is 0 Å². The molecule has 1 aliphatic rings. The van der Waals surface area contributed by atoms with Crippen molar-refractivity contribution in [3.05, 3.63) is 73.2 Å². The molecule has 0 bridgehead atoms. The zero-order valence-corrected chi connectivity index (χ0v) is 14.0. The number of nitrogens with zero attached hydrogens (tertiary/aromatic N) is 4. The molecule has 0 N–H and O–H groups in total. The molecule has 1 aliphatic heterocycles. The lowest BCUT2D eigenvalue weighted by Gasteiger charge is -2.37. The third-order valence-electron chi connectivity index (χ3n) is 5.06. The molecule has 4 nitrogen and oxygen atoms in total. The van der Waals surface area contributed by atoms with E-state index in [1.165, 1.54) is 21.5 Å². The van der Waals surface area contributed by atoms with E-state index in [4.69, 9.17) is 0 Å². The Hall–Kier alpha value is -3.01. The van der Waals surface area contributed by atoms with Crippen LogP contribution in [0.4, 0.5) is 5.82 Å². The third kappa shape index (κ3) is 2.60.